The van der Waals surface area contributed by atoms with Crippen LogP contribution in [0.1, 0.15) is 44.9 Å². The minimum Gasteiger partial charge on any atom is -0.402 e. The lowest BCUT2D eigenvalue weighted by Gasteiger charge is -2.41. The molecule has 10 heteroatoms. The second-order valence-electron chi connectivity index (χ2n) is 9.48. The Bertz CT molecular complexity index is 994. The summed E-state index contributed by atoms with van der Waals surface area (Å²) in [6.07, 6.45) is 1.85. The summed E-state index contributed by atoms with van der Waals surface area (Å²) in [5.41, 5.74) is 6.65. The second kappa shape index (κ2) is 7.62. The Kier molecular flexibility index (Phi) is 5.12. The molecule has 0 unspecified atom stereocenters. The number of nitrogens with zero attached hydrogens (tertiary/aromatic N) is 4. The van der Waals surface area contributed by atoms with E-state index in [9.17, 15) is 13.2 Å². The van der Waals surface area contributed by atoms with Crippen molar-refractivity contribution in [3.63, 3.8) is 0 Å². The molecule has 0 aromatic carbocycles. The lowest BCUT2D eigenvalue weighted by molar-refractivity contribution is -0.274. The fourth-order valence-corrected chi connectivity index (χ4v) is 5.66. The number of hydrogen-bond acceptors (Lipinski definition) is 6. The van der Waals surface area contributed by atoms with Crippen LogP contribution in [0.4, 0.5) is 19.0 Å². The Morgan fingerprint density at radius 1 is 1.22 bits per heavy atom. The lowest BCUT2D eigenvalue weighted by Crippen LogP contribution is -2.44. The summed E-state index contributed by atoms with van der Waals surface area (Å²) in [6.45, 7) is 7.70. The quantitative estimate of drug-likeness (QED) is 0.746. The average molecular weight is 451 g/mol. The van der Waals surface area contributed by atoms with Crippen molar-refractivity contribution in [1.29, 1.82) is 0 Å². The van der Waals surface area contributed by atoms with Crippen LogP contribution >= 0.6 is 0 Å². The highest BCUT2D eigenvalue weighted by atomic mass is 19.4. The fraction of sp³-hybridized carbons (Fsp3) is 0.636. The van der Waals surface area contributed by atoms with Gasteiger partial charge < -0.3 is 19.8 Å². The first-order chi connectivity index (χ1) is 15.2. The van der Waals surface area contributed by atoms with Crippen molar-refractivity contribution in [2.24, 2.45) is 5.92 Å². The van der Waals surface area contributed by atoms with Crippen molar-refractivity contribution in [3.05, 3.63) is 24.3 Å². The van der Waals surface area contributed by atoms with Crippen molar-refractivity contribution in [2.45, 2.75) is 57.0 Å². The van der Waals surface area contributed by atoms with Gasteiger partial charge in [0.1, 0.15) is 5.82 Å². The largest absolute Gasteiger partial charge is 0.573 e. The molecule has 2 bridgehead atoms. The van der Waals surface area contributed by atoms with E-state index in [0.717, 1.165) is 51.4 Å². The zero-order valence-electron chi connectivity index (χ0n) is 18.2. The fourth-order valence-electron chi connectivity index (χ4n) is 5.66. The topological polar surface area (TPSA) is 78.4 Å². The molecule has 0 spiro atoms. The summed E-state index contributed by atoms with van der Waals surface area (Å²) in [4.78, 5) is 11.3. The van der Waals surface area contributed by atoms with Crippen molar-refractivity contribution in [1.82, 2.24) is 19.4 Å². The molecular weight excluding hydrogens is 423 g/mol. The number of rotatable bonds is 5. The molecule has 4 fully saturated rings. The van der Waals surface area contributed by atoms with E-state index in [0.29, 0.717) is 23.2 Å². The molecule has 2 aromatic rings. The first-order valence-corrected chi connectivity index (χ1v) is 11.1. The van der Waals surface area contributed by atoms with E-state index < -0.39 is 12.1 Å². The zero-order chi connectivity index (χ0) is 22.7. The number of morpholine rings is 1. The van der Waals surface area contributed by atoms with Gasteiger partial charge in [0.2, 0.25) is 0 Å². The molecular formula is C22H28F3N5O2. The molecule has 0 radical (unpaired) electrons. The predicted molar refractivity (Wildman–Crippen MR) is 112 cm³/mol. The zero-order valence-corrected chi connectivity index (χ0v) is 18.2. The van der Waals surface area contributed by atoms with Gasteiger partial charge in [0.25, 0.3) is 0 Å². The van der Waals surface area contributed by atoms with E-state index >= 15 is 0 Å². The minimum atomic E-state index is -4.84. The van der Waals surface area contributed by atoms with Crippen LogP contribution in [0.5, 0.6) is 5.75 Å². The number of alkyl halides is 3. The standard InChI is InChI=1S/C22H28F3N5O2/c1-13(2)20-28-16(14-7-18(19(26)27-11-14)32-22(23,24)25)12-30(20)21-8-15(9-21)17(10-21)29-3-5-31-6-4-29/h7,11-13,15,17H,3-6,8-10H2,1-2H3,(H2,26,27)/t15?,17-,21?/m1/s1. The summed E-state index contributed by atoms with van der Waals surface area (Å²) in [5, 5.41) is 0. The van der Waals surface area contributed by atoms with Gasteiger partial charge in [-0.1, -0.05) is 13.8 Å². The molecule has 174 valence electrons. The highest BCUT2D eigenvalue weighted by Gasteiger charge is 2.59. The third kappa shape index (κ3) is 3.73. The minimum absolute atomic E-state index is 0.0189. The number of aromatic nitrogens is 3. The smallest absolute Gasteiger partial charge is 0.402 e. The predicted octanol–water partition coefficient (Wildman–Crippen LogP) is 3.76. The maximum atomic E-state index is 12.7. The number of imidazole rings is 1. The van der Waals surface area contributed by atoms with E-state index in [4.69, 9.17) is 15.5 Å². The molecule has 1 saturated heterocycles. The summed E-state index contributed by atoms with van der Waals surface area (Å²) in [7, 11) is 0. The van der Waals surface area contributed by atoms with Crippen LogP contribution in [0.25, 0.3) is 11.3 Å². The lowest BCUT2D eigenvalue weighted by atomic mass is 9.76. The molecule has 2 N–H and O–H groups in total. The van der Waals surface area contributed by atoms with Crippen LogP contribution < -0.4 is 10.5 Å². The Hall–Kier alpha value is -2.33. The maximum absolute atomic E-state index is 12.7. The summed E-state index contributed by atoms with van der Waals surface area (Å²) in [6, 6.07) is 1.81. The number of nitrogens with two attached hydrogens (primary N) is 1. The number of hydrogen-bond donors (Lipinski definition) is 1. The van der Waals surface area contributed by atoms with Gasteiger partial charge in [-0.2, -0.15) is 0 Å². The molecule has 1 aliphatic heterocycles. The molecule has 4 aliphatic rings. The third-order valence-electron chi connectivity index (χ3n) is 7.10. The number of fused-ring (bicyclic) bond motifs is 1. The molecule has 1 atom stereocenters. The monoisotopic (exact) mass is 451 g/mol. The molecule has 0 amide bonds. The van der Waals surface area contributed by atoms with Gasteiger partial charge in [0, 0.05) is 48.5 Å². The molecule has 32 heavy (non-hydrogen) atoms. The number of nitrogen functional groups attached to an aromatic ring is 1. The molecule has 7 nitrogen and oxygen atoms in total. The van der Waals surface area contributed by atoms with Gasteiger partial charge in [-0.25, -0.2) is 9.97 Å². The Labute approximate surface area is 184 Å². The number of pyridine rings is 1. The van der Waals surface area contributed by atoms with Crippen molar-refractivity contribution < 1.29 is 22.6 Å². The highest BCUT2D eigenvalue weighted by Crippen LogP contribution is 2.59. The Morgan fingerprint density at radius 3 is 2.59 bits per heavy atom. The van der Waals surface area contributed by atoms with Gasteiger partial charge in [-0.3, -0.25) is 4.90 Å². The van der Waals surface area contributed by atoms with E-state index in [1.54, 1.807) is 0 Å². The summed E-state index contributed by atoms with van der Waals surface area (Å²) in [5.74, 6) is 0.970. The van der Waals surface area contributed by atoms with Crippen molar-refractivity contribution in [3.8, 4) is 17.0 Å². The molecule has 3 aliphatic carbocycles. The van der Waals surface area contributed by atoms with Gasteiger partial charge in [-0.15, -0.1) is 13.2 Å². The number of halogens is 3. The van der Waals surface area contributed by atoms with E-state index in [2.05, 4.69) is 33.0 Å². The van der Waals surface area contributed by atoms with E-state index in [-0.39, 0.29) is 17.3 Å². The second-order valence-corrected chi connectivity index (χ2v) is 9.48. The number of ether oxygens (including phenoxy) is 2. The van der Waals surface area contributed by atoms with Crippen LogP contribution in [0.3, 0.4) is 0 Å². The van der Waals surface area contributed by atoms with Crippen molar-refractivity contribution >= 4 is 5.82 Å². The van der Waals surface area contributed by atoms with Crippen LogP contribution in [0.2, 0.25) is 0 Å². The van der Waals surface area contributed by atoms with Crippen LogP contribution in [-0.2, 0) is 10.3 Å². The van der Waals surface area contributed by atoms with Gasteiger partial charge >= 0.3 is 6.36 Å². The molecule has 3 heterocycles. The van der Waals surface area contributed by atoms with Crippen LogP contribution in [0.15, 0.2) is 18.5 Å². The highest BCUT2D eigenvalue weighted by molar-refractivity contribution is 5.64. The Morgan fingerprint density at radius 2 is 1.94 bits per heavy atom. The van der Waals surface area contributed by atoms with Gasteiger partial charge in [-0.05, 0) is 31.2 Å². The van der Waals surface area contributed by atoms with Crippen molar-refractivity contribution in [2.75, 3.05) is 32.0 Å². The molecule has 6 rings (SSSR count). The Balaban J connectivity index is 1.45. The van der Waals surface area contributed by atoms with Crippen LogP contribution in [-0.4, -0.2) is 58.1 Å². The third-order valence-corrected chi connectivity index (χ3v) is 7.10. The van der Waals surface area contributed by atoms with Gasteiger partial charge in [0.05, 0.1) is 18.9 Å². The van der Waals surface area contributed by atoms with E-state index in [1.165, 1.54) is 12.3 Å². The first-order valence-electron chi connectivity index (χ1n) is 11.1. The van der Waals surface area contributed by atoms with Crippen LogP contribution in [0, 0.1) is 5.92 Å². The summed E-state index contributed by atoms with van der Waals surface area (Å²) < 4.78 is 50.1. The average Bonchev–Trinajstić information content (AvgIpc) is 3.40. The van der Waals surface area contributed by atoms with E-state index in [1.807, 2.05) is 6.20 Å². The van der Waals surface area contributed by atoms with Gasteiger partial charge in [0.15, 0.2) is 11.6 Å². The first kappa shape index (κ1) is 21.5. The molecule has 3 saturated carbocycles. The SMILES string of the molecule is CC(C)c1nc(-c2cnc(N)c(OC(F)(F)F)c2)cn1C12CC(C1)[C@H](N1CCOCC1)C2. The molecule has 2 aromatic heterocycles. The normalized spacial score (nSPS) is 28.2. The maximum Gasteiger partial charge on any atom is 0.573 e. The number of anilines is 1. The summed E-state index contributed by atoms with van der Waals surface area (Å²) >= 11 is 0.